The monoisotopic (exact) mass is 502 g/mol. The molecule has 2 heterocycles. The number of nitrogens with one attached hydrogen (secondary N) is 2. The maximum absolute atomic E-state index is 13.0. The second-order valence-corrected chi connectivity index (χ2v) is 8.33. The van der Waals surface area contributed by atoms with Gasteiger partial charge in [-0.3, -0.25) is 4.79 Å². The number of pyridine rings is 1. The van der Waals surface area contributed by atoms with Gasteiger partial charge in [-0.1, -0.05) is 48.5 Å². The summed E-state index contributed by atoms with van der Waals surface area (Å²) in [6.07, 6.45) is 1.85. The molecule has 1 amide bonds. The van der Waals surface area contributed by atoms with Crippen LogP contribution in [0.4, 0.5) is 11.4 Å². The second-order valence-electron chi connectivity index (χ2n) is 8.33. The van der Waals surface area contributed by atoms with Gasteiger partial charge >= 0.3 is 5.97 Å². The fourth-order valence-corrected chi connectivity index (χ4v) is 4.17. The number of amides is 1. The van der Waals surface area contributed by atoms with Crippen LogP contribution in [0.25, 0.3) is 11.0 Å². The minimum atomic E-state index is -0.576. The van der Waals surface area contributed by atoms with Crippen molar-refractivity contribution in [2.45, 2.75) is 19.5 Å². The molecule has 192 valence electrons. The molecule has 0 saturated heterocycles. The van der Waals surface area contributed by atoms with E-state index in [2.05, 4.69) is 15.6 Å². The van der Waals surface area contributed by atoms with E-state index in [0.717, 1.165) is 22.6 Å². The molecule has 0 aliphatic heterocycles. The summed E-state index contributed by atoms with van der Waals surface area (Å²) in [7, 11) is 4.52. The summed E-state index contributed by atoms with van der Waals surface area (Å²) < 4.78 is 17.5. The number of hydrogen-bond acceptors (Lipinski definition) is 7. The van der Waals surface area contributed by atoms with Crippen molar-refractivity contribution >= 4 is 34.3 Å². The number of ether oxygens (including phenoxy) is 3. The van der Waals surface area contributed by atoms with Crippen LogP contribution in [0, 0.1) is 0 Å². The van der Waals surface area contributed by atoms with Crippen LogP contribution in [-0.4, -0.2) is 49.4 Å². The van der Waals surface area contributed by atoms with Crippen LogP contribution in [0.15, 0.2) is 66.9 Å². The predicted octanol–water partition coefficient (Wildman–Crippen LogP) is 4.27. The minimum Gasteiger partial charge on any atom is -0.496 e. The summed E-state index contributed by atoms with van der Waals surface area (Å²) in [5.74, 6) is -0.0567. The lowest BCUT2D eigenvalue weighted by atomic mass is 10.1. The van der Waals surface area contributed by atoms with E-state index in [1.54, 1.807) is 25.0 Å². The molecule has 0 unspecified atom stereocenters. The van der Waals surface area contributed by atoms with Gasteiger partial charge in [0.15, 0.2) is 5.69 Å². The zero-order chi connectivity index (χ0) is 26.2. The van der Waals surface area contributed by atoms with E-state index in [1.807, 2.05) is 60.7 Å². The van der Waals surface area contributed by atoms with Gasteiger partial charge in [0.2, 0.25) is 5.91 Å². The fraction of sp³-hybridized carbons (Fsp3) is 0.250. The molecule has 2 aromatic heterocycles. The average molecular weight is 503 g/mol. The smallest absolute Gasteiger partial charge is 0.356 e. The molecule has 0 aliphatic carbocycles. The number of methoxy groups -OCH3 is 3. The lowest BCUT2D eigenvalue weighted by molar-refractivity contribution is -0.115. The number of nitrogens with zero attached hydrogens (tertiary/aromatic N) is 2. The molecule has 9 nitrogen and oxygen atoms in total. The maximum atomic E-state index is 13.0. The summed E-state index contributed by atoms with van der Waals surface area (Å²) in [6, 6.07) is 19.0. The third-order valence-electron chi connectivity index (χ3n) is 5.94. The van der Waals surface area contributed by atoms with E-state index < -0.39 is 5.97 Å². The normalized spacial score (nSPS) is 10.8. The van der Waals surface area contributed by atoms with Gasteiger partial charge in [0.1, 0.15) is 11.4 Å². The van der Waals surface area contributed by atoms with Gasteiger partial charge in [-0.05, 0) is 17.7 Å². The first-order valence-electron chi connectivity index (χ1n) is 11.8. The fourth-order valence-electron chi connectivity index (χ4n) is 4.17. The quantitative estimate of drug-likeness (QED) is 0.295. The van der Waals surface area contributed by atoms with Gasteiger partial charge in [-0.15, -0.1) is 0 Å². The topological polar surface area (TPSA) is 104 Å². The molecular formula is C28H30N4O5. The number of hydrogen-bond donors (Lipinski definition) is 2. The van der Waals surface area contributed by atoms with E-state index in [1.165, 1.54) is 7.11 Å². The Bertz CT molecular complexity index is 1380. The SMILES string of the molecule is COCCn1c(C(=O)OC)c(NC(=O)Cc2ccccc2)c2cc(NCc3ccccc3OC)cnc21. The predicted molar refractivity (Wildman–Crippen MR) is 142 cm³/mol. The highest BCUT2D eigenvalue weighted by molar-refractivity contribution is 6.11. The molecule has 37 heavy (non-hydrogen) atoms. The molecular weight excluding hydrogens is 472 g/mol. The molecule has 2 N–H and O–H groups in total. The summed E-state index contributed by atoms with van der Waals surface area (Å²) >= 11 is 0. The Morgan fingerprint density at radius 3 is 2.49 bits per heavy atom. The van der Waals surface area contributed by atoms with Crippen LogP contribution in [0.5, 0.6) is 5.75 Å². The van der Waals surface area contributed by atoms with Crippen molar-refractivity contribution in [3.8, 4) is 5.75 Å². The summed E-state index contributed by atoms with van der Waals surface area (Å²) in [5, 5.41) is 6.92. The molecule has 0 spiro atoms. The van der Waals surface area contributed by atoms with Crippen LogP contribution in [0.1, 0.15) is 21.6 Å². The van der Waals surface area contributed by atoms with Crippen molar-refractivity contribution in [1.82, 2.24) is 9.55 Å². The number of anilines is 2. The zero-order valence-corrected chi connectivity index (χ0v) is 21.1. The number of benzene rings is 2. The molecule has 0 saturated carbocycles. The summed E-state index contributed by atoms with van der Waals surface area (Å²) in [5.41, 5.74) is 3.67. The van der Waals surface area contributed by atoms with Gasteiger partial charge in [0.05, 0.1) is 44.8 Å². The van der Waals surface area contributed by atoms with E-state index >= 15 is 0 Å². The van der Waals surface area contributed by atoms with E-state index in [9.17, 15) is 9.59 Å². The lowest BCUT2D eigenvalue weighted by Gasteiger charge is -2.11. The molecule has 0 radical (unpaired) electrons. The Morgan fingerprint density at radius 1 is 1.00 bits per heavy atom. The zero-order valence-electron chi connectivity index (χ0n) is 21.1. The molecule has 4 rings (SSSR count). The summed E-state index contributed by atoms with van der Waals surface area (Å²) in [4.78, 5) is 30.6. The Hall–Kier alpha value is -4.37. The number of rotatable bonds is 11. The van der Waals surface area contributed by atoms with Gasteiger partial charge in [-0.2, -0.15) is 0 Å². The number of carbonyl (C=O) groups is 2. The first-order chi connectivity index (χ1) is 18.0. The average Bonchev–Trinajstić information content (AvgIpc) is 3.22. The van der Waals surface area contributed by atoms with Gasteiger partial charge < -0.3 is 29.4 Å². The first kappa shape index (κ1) is 25.7. The van der Waals surface area contributed by atoms with Crippen LogP contribution in [0.3, 0.4) is 0 Å². The molecule has 0 atom stereocenters. The molecule has 4 aromatic rings. The molecule has 0 bridgehead atoms. The lowest BCUT2D eigenvalue weighted by Crippen LogP contribution is -2.19. The van der Waals surface area contributed by atoms with Gasteiger partial charge in [-0.25, -0.2) is 9.78 Å². The van der Waals surface area contributed by atoms with Crippen LogP contribution in [0.2, 0.25) is 0 Å². The molecule has 0 aliphatic rings. The Balaban J connectivity index is 1.73. The largest absolute Gasteiger partial charge is 0.496 e. The third-order valence-corrected chi connectivity index (χ3v) is 5.94. The van der Waals surface area contributed by atoms with Gasteiger partial charge in [0.25, 0.3) is 0 Å². The van der Waals surface area contributed by atoms with E-state index in [0.29, 0.717) is 36.4 Å². The third kappa shape index (κ3) is 5.90. The molecule has 0 fully saturated rings. The van der Waals surface area contributed by atoms with Crippen LogP contribution >= 0.6 is 0 Å². The number of aromatic nitrogens is 2. The number of esters is 1. The maximum Gasteiger partial charge on any atom is 0.356 e. The van der Waals surface area contributed by atoms with Crippen molar-refractivity contribution in [3.63, 3.8) is 0 Å². The Morgan fingerprint density at radius 2 is 1.76 bits per heavy atom. The van der Waals surface area contributed by atoms with Crippen molar-refractivity contribution < 1.29 is 23.8 Å². The first-order valence-corrected chi connectivity index (χ1v) is 11.8. The Kier molecular flexibility index (Phi) is 8.37. The minimum absolute atomic E-state index is 0.158. The molecule has 2 aromatic carbocycles. The van der Waals surface area contributed by atoms with Crippen molar-refractivity contribution in [2.75, 3.05) is 38.6 Å². The van der Waals surface area contributed by atoms with E-state index in [4.69, 9.17) is 14.2 Å². The Labute approximate surface area is 215 Å². The van der Waals surface area contributed by atoms with E-state index in [-0.39, 0.29) is 18.0 Å². The second kappa shape index (κ2) is 12.0. The highest BCUT2D eigenvalue weighted by Gasteiger charge is 2.26. The number of carbonyl (C=O) groups excluding carboxylic acids is 2. The number of fused-ring (bicyclic) bond motifs is 1. The van der Waals surface area contributed by atoms with Gasteiger partial charge in [0, 0.05) is 31.1 Å². The molecule has 9 heteroatoms. The number of para-hydroxylation sites is 1. The van der Waals surface area contributed by atoms with Crippen molar-refractivity contribution in [2.24, 2.45) is 0 Å². The highest BCUT2D eigenvalue weighted by Crippen LogP contribution is 2.33. The van der Waals surface area contributed by atoms with Crippen molar-refractivity contribution in [3.05, 3.63) is 83.7 Å². The van der Waals surface area contributed by atoms with Crippen LogP contribution in [-0.2, 0) is 33.8 Å². The summed E-state index contributed by atoms with van der Waals surface area (Å²) in [6.45, 7) is 1.20. The van der Waals surface area contributed by atoms with Crippen molar-refractivity contribution in [1.29, 1.82) is 0 Å². The standard InChI is InChI=1S/C28H30N4O5/c1-35-14-13-32-26(28(34)37-3)25(31-24(33)15-19-9-5-4-6-10-19)22-16-21(18-30-27(22)32)29-17-20-11-7-8-12-23(20)36-2/h4-12,16,18,29H,13-15,17H2,1-3H3,(H,31,33). The highest BCUT2D eigenvalue weighted by atomic mass is 16.5. The van der Waals surface area contributed by atoms with Crippen LogP contribution < -0.4 is 15.4 Å².